The highest BCUT2D eigenvalue weighted by Crippen LogP contribution is 2.52. The molecule has 0 bridgehead atoms. The maximum Gasteiger partial charge on any atom is 0.0973 e. The van der Waals surface area contributed by atoms with E-state index in [1.807, 2.05) is 35.6 Å². The van der Waals surface area contributed by atoms with Gasteiger partial charge in [-0.3, -0.25) is 0 Å². The van der Waals surface area contributed by atoms with Crippen molar-refractivity contribution in [2.24, 2.45) is 0 Å². The quantitative estimate of drug-likeness (QED) is 0.174. The van der Waals surface area contributed by atoms with Gasteiger partial charge >= 0.3 is 0 Å². The Hall–Kier alpha value is -7.86. The second-order valence-electron chi connectivity index (χ2n) is 15.7. The summed E-state index contributed by atoms with van der Waals surface area (Å²) in [6.45, 7) is 0. The Kier molecular flexibility index (Phi) is 7.44. The summed E-state index contributed by atoms with van der Waals surface area (Å²) in [5, 5.41) is 7.57. The molecule has 0 radical (unpaired) electrons. The van der Waals surface area contributed by atoms with Gasteiger partial charge in [-0.25, -0.2) is 9.97 Å². The first-order chi connectivity index (χ1) is 30.3. The Bertz CT molecular complexity index is 3860. The van der Waals surface area contributed by atoms with Gasteiger partial charge in [-0.1, -0.05) is 152 Å². The summed E-state index contributed by atoms with van der Waals surface area (Å²) in [6, 6.07) is 74.0. The molecule has 0 saturated heterocycles. The molecule has 0 spiro atoms. The Labute approximate surface area is 354 Å². The summed E-state index contributed by atoms with van der Waals surface area (Å²) in [5.74, 6) is 0. The zero-order valence-electron chi connectivity index (χ0n) is 32.8. The van der Waals surface area contributed by atoms with Gasteiger partial charge in [0, 0.05) is 59.4 Å². The molecule has 284 valence electrons. The molecule has 0 saturated carbocycles. The Morgan fingerprint density at radius 2 is 0.918 bits per heavy atom. The molecule has 5 heteroatoms. The topological polar surface area (TPSA) is 35.6 Å². The van der Waals surface area contributed by atoms with E-state index in [0.717, 1.165) is 56.0 Å². The average molecular weight is 795 g/mol. The fourth-order valence-corrected chi connectivity index (χ4v) is 11.0. The molecular weight excluding hydrogens is 761 g/mol. The standard InChI is InChI=1S/C56H34N4S/c1-4-18-35(19-5-1)42-34-37(53-52(36-20-6-2-7-21-36)57-43-27-13-14-28-44(43)58-53)32-33-47(42)60-46-30-16-10-24-39(46)49-50-41-26-12-17-31-48(41)61-56(50)55-51(54(49)60)40-25-11-15-29-45(40)59(55)38-22-8-3-9-23-38/h1-34H. The van der Waals surface area contributed by atoms with E-state index in [9.17, 15) is 0 Å². The van der Waals surface area contributed by atoms with Crippen molar-refractivity contribution in [3.63, 3.8) is 0 Å². The molecule has 4 heterocycles. The van der Waals surface area contributed by atoms with Crippen molar-refractivity contribution in [2.45, 2.75) is 0 Å². The lowest BCUT2D eigenvalue weighted by Crippen LogP contribution is -2.00. The summed E-state index contributed by atoms with van der Waals surface area (Å²) in [4.78, 5) is 10.6. The van der Waals surface area contributed by atoms with Crippen molar-refractivity contribution in [2.75, 3.05) is 0 Å². The third-order valence-corrected chi connectivity index (χ3v) is 13.5. The number of hydrogen-bond donors (Lipinski definition) is 0. The van der Waals surface area contributed by atoms with Crippen LogP contribution in [0, 0.1) is 0 Å². The zero-order valence-corrected chi connectivity index (χ0v) is 33.6. The van der Waals surface area contributed by atoms with Crippen LogP contribution in [0.4, 0.5) is 0 Å². The molecule has 4 aromatic heterocycles. The molecule has 13 rings (SSSR count). The number of nitrogens with zero attached hydrogens (tertiary/aromatic N) is 4. The molecular formula is C56H34N4S. The molecule has 9 aromatic carbocycles. The predicted molar refractivity (Wildman–Crippen MR) is 257 cm³/mol. The first-order valence-electron chi connectivity index (χ1n) is 20.7. The molecule has 0 amide bonds. The van der Waals surface area contributed by atoms with Gasteiger partial charge in [0.1, 0.15) is 0 Å². The van der Waals surface area contributed by atoms with Gasteiger partial charge < -0.3 is 9.13 Å². The van der Waals surface area contributed by atoms with Crippen molar-refractivity contribution in [1.29, 1.82) is 0 Å². The lowest BCUT2D eigenvalue weighted by atomic mass is 9.96. The fourth-order valence-electron chi connectivity index (χ4n) is 9.71. The van der Waals surface area contributed by atoms with E-state index in [-0.39, 0.29) is 0 Å². The van der Waals surface area contributed by atoms with Gasteiger partial charge in [0.05, 0.1) is 54.9 Å². The minimum atomic E-state index is 0.857. The van der Waals surface area contributed by atoms with Gasteiger partial charge in [0.2, 0.25) is 0 Å². The summed E-state index contributed by atoms with van der Waals surface area (Å²) < 4.78 is 7.63. The highest BCUT2D eigenvalue weighted by atomic mass is 32.1. The van der Waals surface area contributed by atoms with Crippen molar-refractivity contribution in [3.8, 4) is 45.0 Å². The van der Waals surface area contributed by atoms with Crippen molar-refractivity contribution < 1.29 is 0 Å². The molecule has 0 unspecified atom stereocenters. The third kappa shape index (κ3) is 5.05. The van der Waals surface area contributed by atoms with E-state index < -0.39 is 0 Å². The van der Waals surface area contributed by atoms with Gasteiger partial charge in [-0.05, 0) is 60.2 Å². The largest absolute Gasteiger partial charge is 0.308 e. The SMILES string of the molecule is c1ccc(-c2cc(-c3nc4ccccc4nc3-c3ccccc3)ccc2-n2c3ccccc3c3c4c5ccccc5sc4c4c(c5ccccc5n4-c4ccccc4)c32)cc1. The smallest absolute Gasteiger partial charge is 0.0973 e. The van der Waals surface area contributed by atoms with E-state index in [2.05, 4.69) is 191 Å². The molecule has 13 aromatic rings. The minimum absolute atomic E-state index is 0.857. The first-order valence-corrected chi connectivity index (χ1v) is 21.5. The van der Waals surface area contributed by atoms with Crippen LogP contribution < -0.4 is 0 Å². The van der Waals surface area contributed by atoms with E-state index in [1.165, 1.54) is 63.8 Å². The molecule has 0 N–H and O–H groups in total. The molecule has 61 heavy (non-hydrogen) atoms. The second-order valence-corrected chi connectivity index (χ2v) is 16.7. The Balaban J connectivity index is 1.22. The molecule has 4 nitrogen and oxygen atoms in total. The lowest BCUT2D eigenvalue weighted by molar-refractivity contribution is 1.18. The van der Waals surface area contributed by atoms with E-state index in [1.54, 1.807) is 0 Å². The normalized spacial score (nSPS) is 11.9. The van der Waals surface area contributed by atoms with Gasteiger partial charge in [0.15, 0.2) is 0 Å². The summed E-state index contributed by atoms with van der Waals surface area (Å²) in [6.07, 6.45) is 0. The number of benzene rings is 9. The van der Waals surface area contributed by atoms with Crippen LogP contribution in [0.2, 0.25) is 0 Å². The third-order valence-electron chi connectivity index (χ3n) is 12.3. The van der Waals surface area contributed by atoms with Crippen LogP contribution in [0.15, 0.2) is 206 Å². The lowest BCUT2D eigenvalue weighted by Gasteiger charge is -2.18. The number of rotatable bonds is 5. The van der Waals surface area contributed by atoms with Crippen molar-refractivity contribution >= 4 is 86.2 Å². The Morgan fingerprint density at radius 3 is 1.62 bits per heavy atom. The zero-order chi connectivity index (χ0) is 40.0. The van der Waals surface area contributed by atoms with Crippen LogP contribution in [0.5, 0.6) is 0 Å². The molecule has 0 atom stereocenters. The summed E-state index contributed by atoms with van der Waals surface area (Å²) in [5.41, 5.74) is 14.8. The maximum absolute atomic E-state index is 5.34. The Morgan fingerprint density at radius 1 is 0.377 bits per heavy atom. The van der Waals surface area contributed by atoms with E-state index in [4.69, 9.17) is 9.97 Å². The first kappa shape index (κ1) is 34.0. The van der Waals surface area contributed by atoms with Crippen LogP contribution in [0.3, 0.4) is 0 Å². The number of aromatic nitrogens is 4. The fraction of sp³-hybridized carbons (Fsp3) is 0. The number of para-hydroxylation sites is 5. The van der Waals surface area contributed by atoms with Gasteiger partial charge in [-0.15, -0.1) is 11.3 Å². The molecule has 0 aliphatic heterocycles. The number of thiophene rings is 1. The maximum atomic E-state index is 5.34. The number of fused-ring (bicyclic) bond motifs is 13. The van der Waals surface area contributed by atoms with Crippen LogP contribution in [0.25, 0.3) is 120 Å². The van der Waals surface area contributed by atoms with E-state index >= 15 is 0 Å². The van der Waals surface area contributed by atoms with Crippen LogP contribution in [-0.4, -0.2) is 19.1 Å². The summed E-state index contributed by atoms with van der Waals surface area (Å²) in [7, 11) is 0. The number of hydrogen-bond acceptors (Lipinski definition) is 3. The van der Waals surface area contributed by atoms with Crippen molar-refractivity contribution in [3.05, 3.63) is 206 Å². The average Bonchev–Trinajstić information content (AvgIpc) is 4.00. The molecule has 0 aliphatic rings. The highest BCUT2D eigenvalue weighted by Gasteiger charge is 2.28. The molecule has 0 aliphatic carbocycles. The minimum Gasteiger partial charge on any atom is -0.308 e. The highest BCUT2D eigenvalue weighted by molar-refractivity contribution is 7.27. The summed E-state index contributed by atoms with van der Waals surface area (Å²) >= 11 is 1.90. The van der Waals surface area contributed by atoms with Crippen molar-refractivity contribution in [1.82, 2.24) is 19.1 Å². The van der Waals surface area contributed by atoms with Crippen LogP contribution in [-0.2, 0) is 0 Å². The molecule has 0 fully saturated rings. The van der Waals surface area contributed by atoms with Crippen LogP contribution in [0.1, 0.15) is 0 Å². The second kappa shape index (κ2) is 13.3. The van der Waals surface area contributed by atoms with Gasteiger partial charge in [0.25, 0.3) is 0 Å². The predicted octanol–water partition coefficient (Wildman–Crippen LogP) is 15.2. The van der Waals surface area contributed by atoms with Gasteiger partial charge in [-0.2, -0.15) is 0 Å². The van der Waals surface area contributed by atoms with E-state index in [0.29, 0.717) is 0 Å². The van der Waals surface area contributed by atoms with Crippen LogP contribution >= 0.6 is 11.3 Å². The monoisotopic (exact) mass is 794 g/mol.